The van der Waals surface area contributed by atoms with Gasteiger partial charge < -0.3 is 9.64 Å². The SMILES string of the molecule is C=C(C)CN(CC)C(=O)COC(=O)c1cc(CCC)[nH]n1. The monoisotopic (exact) mass is 293 g/mol. The van der Waals surface area contributed by atoms with Crippen LogP contribution >= 0.6 is 0 Å². The first-order valence-corrected chi connectivity index (χ1v) is 7.11. The number of carbonyl (C=O) groups is 2. The summed E-state index contributed by atoms with van der Waals surface area (Å²) in [5, 5.41) is 6.66. The van der Waals surface area contributed by atoms with E-state index in [1.165, 1.54) is 0 Å². The molecule has 0 saturated heterocycles. The Morgan fingerprint density at radius 2 is 2.14 bits per heavy atom. The standard InChI is InChI=1S/C15H23N3O3/c1-5-7-12-8-13(17-16-12)15(20)21-10-14(19)18(6-2)9-11(3)4/h8H,3,5-7,9-10H2,1-2,4H3,(H,16,17). The number of likely N-dealkylation sites (N-methyl/N-ethyl adjacent to an activating group) is 1. The summed E-state index contributed by atoms with van der Waals surface area (Å²) in [6.45, 7) is 10.3. The Kier molecular flexibility index (Phi) is 6.65. The summed E-state index contributed by atoms with van der Waals surface area (Å²) in [6.07, 6.45) is 1.78. The number of hydrogen-bond donors (Lipinski definition) is 1. The maximum atomic E-state index is 11.9. The van der Waals surface area contributed by atoms with Crippen molar-refractivity contribution in [1.82, 2.24) is 15.1 Å². The van der Waals surface area contributed by atoms with E-state index in [9.17, 15) is 9.59 Å². The highest BCUT2D eigenvalue weighted by Gasteiger charge is 2.17. The number of hydrogen-bond acceptors (Lipinski definition) is 4. The zero-order chi connectivity index (χ0) is 15.8. The summed E-state index contributed by atoms with van der Waals surface area (Å²) < 4.78 is 5.00. The van der Waals surface area contributed by atoms with Crippen molar-refractivity contribution in [3.8, 4) is 0 Å². The van der Waals surface area contributed by atoms with Crippen LogP contribution in [0, 0.1) is 0 Å². The van der Waals surface area contributed by atoms with Crippen molar-refractivity contribution < 1.29 is 14.3 Å². The number of aromatic amines is 1. The molecular weight excluding hydrogens is 270 g/mol. The molecule has 1 N–H and O–H groups in total. The van der Waals surface area contributed by atoms with E-state index in [1.54, 1.807) is 11.0 Å². The van der Waals surface area contributed by atoms with Gasteiger partial charge in [-0.25, -0.2) is 4.79 Å². The number of nitrogens with zero attached hydrogens (tertiary/aromatic N) is 2. The van der Waals surface area contributed by atoms with E-state index in [0.29, 0.717) is 13.1 Å². The Morgan fingerprint density at radius 1 is 1.43 bits per heavy atom. The zero-order valence-corrected chi connectivity index (χ0v) is 12.9. The largest absolute Gasteiger partial charge is 0.451 e. The van der Waals surface area contributed by atoms with Crippen molar-refractivity contribution in [1.29, 1.82) is 0 Å². The van der Waals surface area contributed by atoms with Crippen molar-refractivity contribution in [3.05, 3.63) is 29.6 Å². The molecule has 1 amide bonds. The van der Waals surface area contributed by atoms with Gasteiger partial charge in [0.2, 0.25) is 0 Å². The molecule has 0 radical (unpaired) electrons. The van der Waals surface area contributed by atoms with Gasteiger partial charge in [-0.3, -0.25) is 9.89 Å². The highest BCUT2D eigenvalue weighted by molar-refractivity contribution is 5.89. The van der Waals surface area contributed by atoms with Gasteiger partial charge in [-0.05, 0) is 26.3 Å². The van der Waals surface area contributed by atoms with E-state index >= 15 is 0 Å². The minimum absolute atomic E-state index is 0.203. The van der Waals surface area contributed by atoms with Crippen LogP contribution in [0.1, 0.15) is 43.4 Å². The third-order valence-electron chi connectivity index (χ3n) is 2.88. The number of esters is 1. The minimum atomic E-state index is -0.590. The lowest BCUT2D eigenvalue weighted by atomic mass is 10.2. The van der Waals surface area contributed by atoms with Gasteiger partial charge in [-0.1, -0.05) is 25.5 Å². The molecule has 0 aromatic carbocycles. The molecule has 1 rings (SSSR count). The van der Waals surface area contributed by atoms with Gasteiger partial charge in [0.15, 0.2) is 12.3 Å². The fourth-order valence-corrected chi connectivity index (χ4v) is 1.86. The predicted molar refractivity (Wildman–Crippen MR) is 79.9 cm³/mol. The molecular formula is C15H23N3O3. The number of carbonyl (C=O) groups excluding carboxylic acids is 2. The van der Waals surface area contributed by atoms with E-state index in [2.05, 4.69) is 16.8 Å². The number of aromatic nitrogens is 2. The third kappa shape index (κ3) is 5.41. The molecule has 1 heterocycles. The first kappa shape index (κ1) is 16.9. The normalized spacial score (nSPS) is 10.2. The van der Waals surface area contributed by atoms with Gasteiger partial charge in [-0.15, -0.1) is 0 Å². The van der Waals surface area contributed by atoms with Crippen LogP contribution < -0.4 is 0 Å². The van der Waals surface area contributed by atoms with E-state index < -0.39 is 5.97 Å². The molecule has 0 aliphatic rings. The van der Waals surface area contributed by atoms with Gasteiger partial charge >= 0.3 is 5.97 Å². The molecule has 6 nitrogen and oxygen atoms in total. The van der Waals surface area contributed by atoms with Gasteiger partial charge in [0.25, 0.3) is 5.91 Å². The van der Waals surface area contributed by atoms with Crippen LogP contribution in [0.3, 0.4) is 0 Å². The van der Waals surface area contributed by atoms with E-state index in [0.717, 1.165) is 24.1 Å². The van der Waals surface area contributed by atoms with E-state index in [4.69, 9.17) is 4.74 Å². The molecule has 21 heavy (non-hydrogen) atoms. The van der Waals surface area contributed by atoms with Crippen LogP contribution in [0.4, 0.5) is 0 Å². The van der Waals surface area contributed by atoms with Crippen molar-refractivity contribution in [2.24, 2.45) is 0 Å². The second-order valence-corrected chi connectivity index (χ2v) is 4.97. The summed E-state index contributed by atoms with van der Waals surface area (Å²) in [4.78, 5) is 25.3. The highest BCUT2D eigenvalue weighted by atomic mass is 16.5. The molecule has 0 unspecified atom stereocenters. The van der Waals surface area contributed by atoms with Crippen LogP contribution in [0.2, 0.25) is 0 Å². The van der Waals surface area contributed by atoms with E-state index in [-0.39, 0.29) is 18.2 Å². The first-order chi connectivity index (χ1) is 9.97. The number of amides is 1. The quantitative estimate of drug-likeness (QED) is 0.587. The smallest absolute Gasteiger partial charge is 0.359 e. The van der Waals surface area contributed by atoms with Crippen LogP contribution in [0.5, 0.6) is 0 Å². The number of ether oxygens (including phenoxy) is 1. The minimum Gasteiger partial charge on any atom is -0.451 e. The number of rotatable bonds is 8. The maximum Gasteiger partial charge on any atom is 0.359 e. The summed E-state index contributed by atoms with van der Waals surface area (Å²) >= 11 is 0. The van der Waals surface area contributed by atoms with Gasteiger partial charge in [-0.2, -0.15) is 5.10 Å². The summed E-state index contributed by atoms with van der Waals surface area (Å²) in [5.74, 6) is -0.827. The first-order valence-electron chi connectivity index (χ1n) is 7.11. The second-order valence-electron chi connectivity index (χ2n) is 4.97. The summed E-state index contributed by atoms with van der Waals surface area (Å²) in [6, 6.07) is 1.65. The lowest BCUT2D eigenvalue weighted by Crippen LogP contribution is -2.35. The maximum absolute atomic E-state index is 11.9. The molecule has 0 bridgehead atoms. The highest BCUT2D eigenvalue weighted by Crippen LogP contribution is 2.05. The Morgan fingerprint density at radius 3 is 2.71 bits per heavy atom. The molecule has 0 fully saturated rings. The Hall–Kier alpha value is -2.11. The van der Waals surface area contributed by atoms with Crippen LogP contribution in [-0.4, -0.2) is 46.7 Å². The molecule has 0 atom stereocenters. The molecule has 6 heteroatoms. The number of aryl methyl sites for hydroxylation is 1. The van der Waals surface area contributed by atoms with E-state index in [1.807, 2.05) is 20.8 Å². The molecule has 116 valence electrons. The average Bonchev–Trinajstić information content (AvgIpc) is 2.90. The zero-order valence-electron chi connectivity index (χ0n) is 12.9. The lowest BCUT2D eigenvalue weighted by Gasteiger charge is -2.20. The topological polar surface area (TPSA) is 75.3 Å². The average molecular weight is 293 g/mol. The lowest BCUT2D eigenvalue weighted by molar-refractivity contribution is -0.133. The molecule has 1 aromatic rings. The van der Waals surface area contributed by atoms with Crippen molar-refractivity contribution in [2.45, 2.75) is 33.6 Å². The van der Waals surface area contributed by atoms with Crippen LogP contribution in [-0.2, 0) is 16.0 Å². The fraction of sp³-hybridized carbons (Fsp3) is 0.533. The van der Waals surface area contributed by atoms with Gasteiger partial charge in [0.1, 0.15) is 0 Å². The van der Waals surface area contributed by atoms with Crippen LogP contribution in [0.25, 0.3) is 0 Å². The fourth-order valence-electron chi connectivity index (χ4n) is 1.86. The van der Waals surface area contributed by atoms with Gasteiger partial charge in [0.05, 0.1) is 0 Å². The summed E-state index contributed by atoms with van der Waals surface area (Å²) in [5.41, 5.74) is 1.97. The Labute approximate surface area is 125 Å². The number of H-pyrrole nitrogens is 1. The molecule has 0 aliphatic carbocycles. The van der Waals surface area contributed by atoms with Crippen LogP contribution in [0.15, 0.2) is 18.2 Å². The summed E-state index contributed by atoms with van der Waals surface area (Å²) in [7, 11) is 0. The van der Waals surface area contributed by atoms with Crippen molar-refractivity contribution in [3.63, 3.8) is 0 Å². The second kappa shape index (κ2) is 8.24. The Bertz CT molecular complexity index is 508. The van der Waals surface area contributed by atoms with Crippen molar-refractivity contribution in [2.75, 3.05) is 19.7 Å². The molecule has 0 aliphatic heterocycles. The number of nitrogens with one attached hydrogen (secondary N) is 1. The predicted octanol–water partition coefficient (Wildman–Crippen LogP) is 1.94. The van der Waals surface area contributed by atoms with Crippen molar-refractivity contribution >= 4 is 11.9 Å². The Balaban J connectivity index is 2.50. The molecule has 1 aromatic heterocycles. The molecule has 0 saturated carbocycles. The van der Waals surface area contributed by atoms with Gasteiger partial charge in [0, 0.05) is 18.8 Å². The third-order valence-corrected chi connectivity index (χ3v) is 2.88. The molecule has 0 spiro atoms.